The summed E-state index contributed by atoms with van der Waals surface area (Å²) in [6.07, 6.45) is 0.838. The van der Waals surface area contributed by atoms with E-state index in [0.29, 0.717) is 31.8 Å². The number of esters is 1. The van der Waals surface area contributed by atoms with Crippen LogP contribution in [0.1, 0.15) is 15.9 Å². The van der Waals surface area contributed by atoms with Crippen LogP contribution in [0.4, 0.5) is 0 Å². The third-order valence-corrected chi connectivity index (χ3v) is 2.96. The van der Waals surface area contributed by atoms with E-state index in [4.69, 9.17) is 14.2 Å². The molecule has 1 N–H and O–H groups in total. The van der Waals surface area contributed by atoms with Gasteiger partial charge in [0.15, 0.2) is 0 Å². The van der Waals surface area contributed by atoms with Crippen LogP contribution >= 0.6 is 0 Å². The summed E-state index contributed by atoms with van der Waals surface area (Å²) in [7, 11) is 0. The first-order chi connectivity index (χ1) is 8.72. The van der Waals surface area contributed by atoms with Gasteiger partial charge in [-0.15, -0.1) is 0 Å². The first-order valence-corrected chi connectivity index (χ1v) is 5.94. The fraction of sp³-hybridized carbons (Fsp3) is 0.462. The Morgan fingerprint density at radius 3 is 2.72 bits per heavy atom. The minimum absolute atomic E-state index is 0.0567. The molecule has 0 aliphatic carbocycles. The molecule has 0 aromatic heterocycles. The summed E-state index contributed by atoms with van der Waals surface area (Å²) in [4.78, 5) is 11.9. The summed E-state index contributed by atoms with van der Waals surface area (Å²) >= 11 is 0. The highest BCUT2D eigenvalue weighted by Crippen LogP contribution is 2.24. The van der Waals surface area contributed by atoms with Gasteiger partial charge in [0.05, 0.1) is 24.9 Å². The van der Waals surface area contributed by atoms with Gasteiger partial charge in [0.2, 0.25) is 0 Å². The lowest BCUT2D eigenvalue weighted by molar-refractivity contribution is 0.0475. The SMILES string of the molecule is O=C(OCC1CO1)c1ccc(O)cc1CC1CO1. The summed E-state index contributed by atoms with van der Waals surface area (Å²) in [5, 5.41) is 9.47. The highest BCUT2D eigenvalue weighted by molar-refractivity contribution is 5.91. The number of carbonyl (C=O) groups is 1. The third-order valence-electron chi connectivity index (χ3n) is 2.96. The lowest BCUT2D eigenvalue weighted by Crippen LogP contribution is -2.13. The van der Waals surface area contributed by atoms with Gasteiger partial charge in [-0.2, -0.15) is 0 Å². The summed E-state index contributed by atoms with van der Waals surface area (Å²) in [5.74, 6) is -0.228. The van der Waals surface area contributed by atoms with Gasteiger partial charge in [-0.25, -0.2) is 4.79 Å². The second-order valence-corrected chi connectivity index (χ2v) is 4.55. The lowest BCUT2D eigenvalue weighted by Gasteiger charge is -2.08. The van der Waals surface area contributed by atoms with Crippen LogP contribution in [-0.2, 0) is 20.6 Å². The molecule has 0 saturated carbocycles. The topological polar surface area (TPSA) is 71.6 Å². The molecule has 1 aromatic rings. The van der Waals surface area contributed by atoms with Gasteiger partial charge in [-0.1, -0.05) is 0 Å². The number of carbonyl (C=O) groups excluding carboxylic acids is 1. The maximum absolute atomic E-state index is 11.9. The van der Waals surface area contributed by atoms with Gasteiger partial charge in [-0.05, 0) is 23.8 Å². The summed E-state index contributed by atoms with van der Waals surface area (Å²) in [6.45, 7) is 1.66. The highest BCUT2D eigenvalue weighted by atomic mass is 16.6. The predicted octanol–water partition coefficient (Wildman–Crippen LogP) is 0.889. The van der Waals surface area contributed by atoms with Crippen LogP contribution in [0.3, 0.4) is 0 Å². The van der Waals surface area contributed by atoms with Crippen LogP contribution in [-0.4, -0.2) is 43.1 Å². The van der Waals surface area contributed by atoms with Gasteiger partial charge in [0.1, 0.15) is 18.5 Å². The van der Waals surface area contributed by atoms with E-state index in [1.165, 1.54) is 6.07 Å². The van der Waals surface area contributed by atoms with Gasteiger partial charge in [-0.3, -0.25) is 0 Å². The Balaban J connectivity index is 1.72. The zero-order chi connectivity index (χ0) is 12.5. The van der Waals surface area contributed by atoms with Crippen LogP contribution in [0.25, 0.3) is 0 Å². The smallest absolute Gasteiger partial charge is 0.338 e. The van der Waals surface area contributed by atoms with Crippen molar-refractivity contribution in [2.24, 2.45) is 0 Å². The van der Waals surface area contributed by atoms with Crippen molar-refractivity contribution in [2.45, 2.75) is 18.6 Å². The number of hydrogen-bond donors (Lipinski definition) is 1. The van der Waals surface area contributed by atoms with Crippen LogP contribution in [0.2, 0.25) is 0 Å². The second-order valence-electron chi connectivity index (χ2n) is 4.55. The average Bonchev–Trinajstić information content (AvgIpc) is 3.21. The average molecular weight is 250 g/mol. The van der Waals surface area contributed by atoms with Crippen molar-refractivity contribution < 1.29 is 24.1 Å². The number of rotatable bonds is 5. The fourth-order valence-corrected chi connectivity index (χ4v) is 1.79. The molecule has 2 atom stereocenters. The molecule has 96 valence electrons. The van der Waals surface area contributed by atoms with Crippen molar-refractivity contribution in [1.82, 2.24) is 0 Å². The highest BCUT2D eigenvalue weighted by Gasteiger charge is 2.27. The number of benzene rings is 1. The number of phenols is 1. The molecule has 5 nitrogen and oxygen atoms in total. The lowest BCUT2D eigenvalue weighted by atomic mass is 10.0. The summed E-state index contributed by atoms with van der Waals surface area (Å²) < 4.78 is 15.3. The van der Waals surface area contributed by atoms with Crippen LogP contribution in [0.15, 0.2) is 18.2 Å². The minimum Gasteiger partial charge on any atom is -0.508 e. The molecule has 1 aromatic carbocycles. The molecule has 0 bridgehead atoms. The molecular formula is C13H14O5. The van der Waals surface area contributed by atoms with E-state index in [9.17, 15) is 9.90 Å². The van der Waals surface area contributed by atoms with E-state index < -0.39 is 0 Å². The maximum atomic E-state index is 11.9. The Morgan fingerprint density at radius 1 is 1.33 bits per heavy atom. The van der Waals surface area contributed by atoms with Crippen molar-refractivity contribution in [3.63, 3.8) is 0 Å². The Bertz CT molecular complexity index is 462. The van der Waals surface area contributed by atoms with E-state index in [2.05, 4.69) is 0 Å². The third kappa shape index (κ3) is 2.80. The van der Waals surface area contributed by atoms with Gasteiger partial charge >= 0.3 is 5.97 Å². The van der Waals surface area contributed by atoms with Crippen LogP contribution in [0.5, 0.6) is 5.75 Å². The molecule has 5 heteroatoms. The molecule has 0 amide bonds. The molecule has 2 aliphatic heterocycles. The summed E-state index contributed by atoms with van der Waals surface area (Å²) in [6, 6.07) is 4.66. The monoisotopic (exact) mass is 250 g/mol. The van der Waals surface area contributed by atoms with E-state index in [1.807, 2.05) is 0 Å². The maximum Gasteiger partial charge on any atom is 0.338 e. The molecule has 3 rings (SSSR count). The predicted molar refractivity (Wildman–Crippen MR) is 61.6 cm³/mol. The van der Waals surface area contributed by atoms with E-state index in [1.54, 1.807) is 12.1 Å². The van der Waals surface area contributed by atoms with Crippen LogP contribution in [0, 0.1) is 0 Å². The fourth-order valence-electron chi connectivity index (χ4n) is 1.79. The molecule has 0 spiro atoms. The Kier molecular flexibility index (Phi) is 2.93. The molecule has 2 heterocycles. The molecule has 0 radical (unpaired) electrons. The Morgan fingerprint density at radius 2 is 2.06 bits per heavy atom. The largest absolute Gasteiger partial charge is 0.508 e. The Labute approximate surface area is 104 Å². The van der Waals surface area contributed by atoms with Crippen molar-refractivity contribution in [3.8, 4) is 5.75 Å². The normalized spacial score (nSPS) is 24.7. The van der Waals surface area contributed by atoms with Gasteiger partial charge < -0.3 is 19.3 Å². The quantitative estimate of drug-likeness (QED) is 0.620. The molecule has 2 fully saturated rings. The van der Waals surface area contributed by atoms with Gasteiger partial charge in [0, 0.05) is 6.42 Å². The number of phenolic OH excluding ortho intramolecular Hbond substituents is 1. The van der Waals surface area contributed by atoms with Crippen molar-refractivity contribution in [1.29, 1.82) is 0 Å². The Hall–Kier alpha value is -1.59. The van der Waals surface area contributed by atoms with Crippen LogP contribution < -0.4 is 0 Å². The van der Waals surface area contributed by atoms with E-state index in [-0.39, 0.29) is 23.9 Å². The molecule has 2 unspecified atom stereocenters. The molecular weight excluding hydrogens is 236 g/mol. The summed E-state index contributed by atoms with van der Waals surface area (Å²) in [5.41, 5.74) is 1.25. The molecule has 2 saturated heterocycles. The van der Waals surface area contributed by atoms with Crippen molar-refractivity contribution >= 4 is 5.97 Å². The van der Waals surface area contributed by atoms with E-state index in [0.717, 1.165) is 5.56 Å². The standard InChI is InChI=1S/C13H14O5/c14-9-1-2-12(8(3-9)4-10-5-16-10)13(15)18-7-11-6-17-11/h1-3,10-11,14H,4-7H2. The first-order valence-electron chi connectivity index (χ1n) is 5.94. The van der Waals surface area contributed by atoms with Gasteiger partial charge in [0.25, 0.3) is 0 Å². The number of hydrogen-bond acceptors (Lipinski definition) is 5. The van der Waals surface area contributed by atoms with E-state index >= 15 is 0 Å². The molecule has 2 aliphatic rings. The van der Waals surface area contributed by atoms with Crippen molar-refractivity contribution in [3.05, 3.63) is 29.3 Å². The number of epoxide rings is 2. The zero-order valence-electron chi connectivity index (χ0n) is 9.80. The number of ether oxygens (including phenoxy) is 3. The molecule has 18 heavy (non-hydrogen) atoms. The zero-order valence-corrected chi connectivity index (χ0v) is 9.80. The first kappa shape index (κ1) is 11.5. The van der Waals surface area contributed by atoms with Crippen molar-refractivity contribution in [2.75, 3.05) is 19.8 Å². The number of aromatic hydroxyl groups is 1. The second kappa shape index (κ2) is 4.59. The minimum atomic E-state index is -0.374.